The predicted octanol–water partition coefficient (Wildman–Crippen LogP) is -0.563. The zero-order valence-electron chi connectivity index (χ0n) is 11.1. The Bertz CT molecular complexity index is 421. The van der Waals surface area contributed by atoms with Crippen molar-refractivity contribution in [2.24, 2.45) is 5.92 Å². The van der Waals surface area contributed by atoms with Crippen molar-refractivity contribution in [2.75, 3.05) is 37.5 Å². The van der Waals surface area contributed by atoms with Gasteiger partial charge in [-0.3, -0.25) is 10.1 Å². The van der Waals surface area contributed by atoms with Crippen LogP contribution in [0.15, 0.2) is 0 Å². The molecule has 2 aliphatic heterocycles. The van der Waals surface area contributed by atoms with E-state index in [4.69, 9.17) is 0 Å². The monoisotopic (exact) mass is 307 g/mol. The number of likely N-dealkylation sites (tertiary alicyclic amines) is 1. The largest absolute Gasteiger partial charge is 0.341 e. The maximum Gasteiger partial charge on any atom is 0.240 e. The molecule has 2 rings (SSSR count). The normalized spacial score (nSPS) is 28.6. The molecule has 19 heavy (non-hydrogen) atoms. The van der Waals surface area contributed by atoms with Gasteiger partial charge in [-0.25, -0.2) is 13.1 Å². The van der Waals surface area contributed by atoms with Crippen molar-refractivity contribution < 1.29 is 13.2 Å². The minimum atomic E-state index is -3.15. The van der Waals surface area contributed by atoms with Gasteiger partial charge >= 0.3 is 0 Å². The number of hydrogen-bond acceptors (Lipinski definition) is 5. The maximum atomic E-state index is 12.3. The minimum Gasteiger partial charge on any atom is -0.341 e. The number of hydrogen-bond donors (Lipinski definition) is 2. The number of sulfonamides is 1. The Balaban J connectivity index is 1.84. The number of nitrogens with one attached hydrogen (secondary N) is 2. The number of piperidine rings is 1. The molecule has 0 aliphatic carbocycles. The zero-order chi connectivity index (χ0) is 13.9. The number of thioether (sulfide) groups is 1. The van der Waals surface area contributed by atoms with Crippen molar-refractivity contribution in [1.82, 2.24) is 14.9 Å². The molecule has 2 atom stereocenters. The van der Waals surface area contributed by atoms with Gasteiger partial charge in [-0.1, -0.05) is 0 Å². The molecule has 2 fully saturated rings. The van der Waals surface area contributed by atoms with Crippen LogP contribution in [0.5, 0.6) is 0 Å². The zero-order valence-corrected chi connectivity index (χ0v) is 12.7. The second-order valence-corrected chi connectivity index (χ2v) is 8.05. The first-order valence-corrected chi connectivity index (χ1v) is 9.55. The van der Waals surface area contributed by atoms with E-state index in [0.717, 1.165) is 31.0 Å². The summed E-state index contributed by atoms with van der Waals surface area (Å²) in [5.41, 5.74) is 0. The van der Waals surface area contributed by atoms with Gasteiger partial charge in [0.25, 0.3) is 0 Å². The molecule has 0 radical (unpaired) electrons. The van der Waals surface area contributed by atoms with Crippen LogP contribution in [0, 0.1) is 5.92 Å². The molecule has 2 unspecified atom stereocenters. The van der Waals surface area contributed by atoms with Crippen LogP contribution in [0.1, 0.15) is 12.8 Å². The molecule has 0 saturated carbocycles. The Morgan fingerprint density at radius 2 is 2.32 bits per heavy atom. The van der Waals surface area contributed by atoms with Crippen LogP contribution in [0.4, 0.5) is 0 Å². The van der Waals surface area contributed by atoms with E-state index in [1.165, 1.54) is 6.26 Å². The highest BCUT2D eigenvalue weighted by Crippen LogP contribution is 2.19. The Morgan fingerprint density at radius 1 is 1.53 bits per heavy atom. The summed E-state index contributed by atoms with van der Waals surface area (Å²) in [5.74, 6) is 2.06. The fourth-order valence-corrected chi connectivity index (χ4v) is 3.95. The molecule has 0 aromatic heterocycles. The first-order chi connectivity index (χ1) is 8.96. The van der Waals surface area contributed by atoms with Crippen molar-refractivity contribution in [2.45, 2.75) is 18.9 Å². The number of rotatable bonds is 4. The molecule has 6 nitrogen and oxygen atoms in total. The molecule has 2 saturated heterocycles. The molecular weight excluding hydrogens is 286 g/mol. The number of carbonyl (C=O) groups is 1. The van der Waals surface area contributed by atoms with Gasteiger partial charge in [0.1, 0.15) is 0 Å². The van der Waals surface area contributed by atoms with Gasteiger partial charge in [0.2, 0.25) is 15.9 Å². The first-order valence-electron chi connectivity index (χ1n) is 6.50. The molecule has 8 heteroatoms. The van der Waals surface area contributed by atoms with E-state index in [1.807, 2.05) is 4.90 Å². The number of carbonyl (C=O) groups excluding carboxylic acids is 1. The van der Waals surface area contributed by atoms with Gasteiger partial charge in [0.05, 0.1) is 12.3 Å². The Morgan fingerprint density at radius 3 is 2.95 bits per heavy atom. The molecule has 2 aliphatic rings. The standard InChI is InChI=1S/C11H21N3O3S2/c1-19(16,17)13-5-9-3-2-4-14(6-9)11(15)10-7-18-8-12-10/h9-10,12-13H,2-8H2,1H3. The van der Waals surface area contributed by atoms with Gasteiger partial charge in [0, 0.05) is 31.3 Å². The molecule has 110 valence electrons. The minimum absolute atomic E-state index is 0.0633. The average molecular weight is 307 g/mol. The van der Waals surface area contributed by atoms with Gasteiger partial charge in [-0.05, 0) is 18.8 Å². The van der Waals surface area contributed by atoms with Crippen LogP contribution < -0.4 is 10.0 Å². The fraction of sp³-hybridized carbons (Fsp3) is 0.909. The van der Waals surface area contributed by atoms with Crippen molar-refractivity contribution in [3.8, 4) is 0 Å². The van der Waals surface area contributed by atoms with Crippen LogP contribution >= 0.6 is 11.8 Å². The summed E-state index contributed by atoms with van der Waals surface area (Å²) in [6.45, 7) is 1.87. The van der Waals surface area contributed by atoms with E-state index in [-0.39, 0.29) is 17.9 Å². The Hall–Kier alpha value is -0.310. The smallest absolute Gasteiger partial charge is 0.240 e. The molecule has 0 aromatic rings. The van der Waals surface area contributed by atoms with Gasteiger partial charge in [-0.15, -0.1) is 11.8 Å². The fourth-order valence-electron chi connectivity index (χ4n) is 2.48. The third kappa shape index (κ3) is 4.62. The van der Waals surface area contributed by atoms with Crippen molar-refractivity contribution in [3.05, 3.63) is 0 Å². The number of nitrogens with zero attached hydrogens (tertiary/aromatic N) is 1. The molecule has 2 heterocycles. The lowest BCUT2D eigenvalue weighted by Gasteiger charge is -2.34. The summed E-state index contributed by atoms with van der Waals surface area (Å²) in [6.07, 6.45) is 3.08. The third-order valence-electron chi connectivity index (χ3n) is 3.48. The van der Waals surface area contributed by atoms with Crippen molar-refractivity contribution >= 4 is 27.7 Å². The van der Waals surface area contributed by atoms with Gasteiger partial charge < -0.3 is 4.90 Å². The average Bonchev–Trinajstić information content (AvgIpc) is 2.89. The van der Waals surface area contributed by atoms with Gasteiger partial charge in [0.15, 0.2) is 0 Å². The second kappa shape index (κ2) is 6.43. The van der Waals surface area contributed by atoms with E-state index < -0.39 is 10.0 Å². The van der Waals surface area contributed by atoms with Crippen LogP contribution in [0.3, 0.4) is 0 Å². The van der Waals surface area contributed by atoms with E-state index in [9.17, 15) is 13.2 Å². The molecule has 0 bridgehead atoms. The summed E-state index contributed by atoms with van der Waals surface area (Å²) in [7, 11) is -3.15. The summed E-state index contributed by atoms with van der Waals surface area (Å²) in [5, 5.41) is 3.18. The Labute approximate surface area is 118 Å². The highest BCUT2D eigenvalue weighted by atomic mass is 32.2. The van der Waals surface area contributed by atoms with E-state index in [0.29, 0.717) is 13.1 Å². The molecule has 0 spiro atoms. The molecule has 2 N–H and O–H groups in total. The lowest BCUT2D eigenvalue weighted by atomic mass is 9.98. The van der Waals surface area contributed by atoms with E-state index in [2.05, 4.69) is 10.0 Å². The lowest BCUT2D eigenvalue weighted by Crippen LogP contribution is -2.50. The molecule has 1 amide bonds. The summed E-state index contributed by atoms with van der Waals surface area (Å²) < 4.78 is 24.7. The second-order valence-electron chi connectivity index (χ2n) is 5.18. The topological polar surface area (TPSA) is 78.5 Å². The van der Waals surface area contributed by atoms with Gasteiger partial charge in [-0.2, -0.15) is 0 Å². The maximum absolute atomic E-state index is 12.3. The first kappa shape index (κ1) is 15.1. The highest BCUT2D eigenvalue weighted by molar-refractivity contribution is 7.99. The lowest BCUT2D eigenvalue weighted by molar-refractivity contribution is -0.134. The summed E-state index contributed by atoms with van der Waals surface area (Å²) >= 11 is 1.74. The van der Waals surface area contributed by atoms with Crippen molar-refractivity contribution in [1.29, 1.82) is 0 Å². The molecular formula is C11H21N3O3S2. The van der Waals surface area contributed by atoms with Crippen LogP contribution in [0.2, 0.25) is 0 Å². The highest BCUT2D eigenvalue weighted by Gasteiger charge is 2.30. The van der Waals surface area contributed by atoms with E-state index in [1.54, 1.807) is 11.8 Å². The predicted molar refractivity (Wildman–Crippen MR) is 76.4 cm³/mol. The van der Waals surface area contributed by atoms with Crippen LogP contribution in [-0.2, 0) is 14.8 Å². The quantitative estimate of drug-likeness (QED) is 0.728. The third-order valence-corrected chi connectivity index (χ3v) is 5.11. The summed E-state index contributed by atoms with van der Waals surface area (Å²) in [6, 6.07) is -0.0633. The van der Waals surface area contributed by atoms with Crippen LogP contribution in [-0.4, -0.2) is 62.8 Å². The Kier molecular flexibility index (Phi) is 5.10. The number of amides is 1. The van der Waals surface area contributed by atoms with E-state index >= 15 is 0 Å². The van der Waals surface area contributed by atoms with Crippen molar-refractivity contribution in [3.63, 3.8) is 0 Å². The van der Waals surface area contributed by atoms with Crippen LogP contribution in [0.25, 0.3) is 0 Å². The SMILES string of the molecule is CS(=O)(=O)NCC1CCCN(C(=O)C2CSCN2)C1. The summed E-state index contributed by atoms with van der Waals surface area (Å²) in [4.78, 5) is 14.1. The molecule has 0 aromatic carbocycles.